The Bertz CT molecular complexity index is 1010. The van der Waals surface area contributed by atoms with Gasteiger partial charge in [0, 0.05) is 30.0 Å². The Balaban J connectivity index is 1.59. The maximum atomic E-state index is 11.7. The number of fused-ring (bicyclic) bond motifs is 1. The SMILES string of the molecule is CC(C)(C)OC(=O)CCC#Cc1ccc(Cc2nccc3ccccc23)cc1. The van der Waals surface area contributed by atoms with Gasteiger partial charge in [-0.25, -0.2) is 0 Å². The summed E-state index contributed by atoms with van der Waals surface area (Å²) in [5.41, 5.74) is 2.77. The van der Waals surface area contributed by atoms with Gasteiger partial charge in [0.15, 0.2) is 0 Å². The Morgan fingerprint density at radius 3 is 2.54 bits per heavy atom. The highest BCUT2D eigenvalue weighted by Gasteiger charge is 2.15. The zero-order valence-electron chi connectivity index (χ0n) is 16.7. The molecule has 3 nitrogen and oxygen atoms in total. The van der Waals surface area contributed by atoms with Gasteiger partial charge in [-0.1, -0.05) is 48.2 Å². The van der Waals surface area contributed by atoms with Crippen LogP contribution in [0, 0.1) is 11.8 Å². The van der Waals surface area contributed by atoms with Crippen molar-refractivity contribution in [3.05, 3.63) is 77.6 Å². The molecule has 3 heteroatoms. The summed E-state index contributed by atoms with van der Waals surface area (Å²) in [5, 5.41) is 2.40. The summed E-state index contributed by atoms with van der Waals surface area (Å²) in [5.74, 6) is 5.95. The summed E-state index contributed by atoms with van der Waals surface area (Å²) in [6.45, 7) is 5.60. The molecule has 3 rings (SSSR count). The van der Waals surface area contributed by atoms with Crippen LogP contribution in [-0.4, -0.2) is 16.6 Å². The van der Waals surface area contributed by atoms with Gasteiger partial charge in [-0.15, -0.1) is 0 Å². The molecule has 0 saturated carbocycles. The number of hydrogen-bond acceptors (Lipinski definition) is 3. The van der Waals surface area contributed by atoms with Crippen molar-refractivity contribution >= 4 is 16.7 Å². The molecule has 1 aromatic heterocycles. The van der Waals surface area contributed by atoms with Crippen molar-refractivity contribution in [1.29, 1.82) is 0 Å². The van der Waals surface area contributed by atoms with Gasteiger partial charge >= 0.3 is 5.97 Å². The molecule has 0 atom stereocenters. The number of carbonyl (C=O) groups excluding carboxylic acids is 1. The van der Waals surface area contributed by atoms with Crippen LogP contribution in [0.4, 0.5) is 0 Å². The van der Waals surface area contributed by atoms with Crippen molar-refractivity contribution < 1.29 is 9.53 Å². The van der Waals surface area contributed by atoms with Crippen LogP contribution in [0.25, 0.3) is 10.8 Å². The maximum absolute atomic E-state index is 11.7. The monoisotopic (exact) mass is 371 g/mol. The van der Waals surface area contributed by atoms with Gasteiger partial charge in [-0.05, 0) is 49.9 Å². The van der Waals surface area contributed by atoms with Gasteiger partial charge in [0.1, 0.15) is 5.60 Å². The first-order valence-corrected chi connectivity index (χ1v) is 9.53. The van der Waals surface area contributed by atoms with E-state index >= 15 is 0 Å². The fraction of sp³-hybridized carbons (Fsp3) is 0.280. The first kappa shape index (κ1) is 19.6. The lowest BCUT2D eigenvalue weighted by Crippen LogP contribution is -2.23. The van der Waals surface area contributed by atoms with Gasteiger partial charge in [0.05, 0.1) is 12.1 Å². The van der Waals surface area contributed by atoms with Crippen LogP contribution in [0.3, 0.4) is 0 Å². The number of carbonyl (C=O) groups is 1. The number of esters is 1. The molecule has 0 spiro atoms. The normalized spacial score (nSPS) is 11.0. The number of rotatable bonds is 4. The zero-order chi connectivity index (χ0) is 20.0. The van der Waals surface area contributed by atoms with E-state index in [-0.39, 0.29) is 5.97 Å². The number of ether oxygens (including phenoxy) is 1. The predicted octanol–water partition coefficient (Wildman–Crippen LogP) is 5.30. The molecule has 0 unspecified atom stereocenters. The minimum atomic E-state index is -0.445. The van der Waals surface area contributed by atoms with Crippen molar-refractivity contribution in [3.63, 3.8) is 0 Å². The van der Waals surface area contributed by atoms with E-state index in [2.05, 4.69) is 41.1 Å². The Labute approximate surface area is 166 Å². The maximum Gasteiger partial charge on any atom is 0.307 e. The molecular weight excluding hydrogens is 346 g/mol. The van der Waals surface area contributed by atoms with E-state index in [0.29, 0.717) is 12.8 Å². The van der Waals surface area contributed by atoms with E-state index in [1.165, 1.54) is 16.3 Å². The zero-order valence-corrected chi connectivity index (χ0v) is 16.7. The Morgan fingerprint density at radius 2 is 1.79 bits per heavy atom. The lowest BCUT2D eigenvalue weighted by molar-refractivity contribution is -0.154. The Kier molecular flexibility index (Phi) is 6.11. The fourth-order valence-electron chi connectivity index (χ4n) is 2.94. The third kappa shape index (κ3) is 5.69. The van der Waals surface area contributed by atoms with Crippen LogP contribution in [0.2, 0.25) is 0 Å². The molecule has 0 fully saturated rings. The molecule has 142 valence electrons. The molecule has 1 heterocycles. The molecule has 3 aromatic rings. The average Bonchev–Trinajstić information content (AvgIpc) is 2.65. The minimum Gasteiger partial charge on any atom is -0.460 e. The third-order valence-electron chi connectivity index (χ3n) is 4.19. The highest BCUT2D eigenvalue weighted by molar-refractivity contribution is 5.84. The second-order valence-corrected chi connectivity index (χ2v) is 7.74. The molecule has 0 aliphatic carbocycles. The van der Waals surface area contributed by atoms with Crippen molar-refractivity contribution in [2.75, 3.05) is 0 Å². The van der Waals surface area contributed by atoms with E-state index in [1.807, 2.05) is 57.3 Å². The second kappa shape index (κ2) is 8.71. The topological polar surface area (TPSA) is 39.2 Å². The minimum absolute atomic E-state index is 0.209. The first-order chi connectivity index (χ1) is 13.4. The van der Waals surface area contributed by atoms with Crippen LogP contribution in [-0.2, 0) is 16.0 Å². The van der Waals surface area contributed by atoms with Crippen molar-refractivity contribution in [3.8, 4) is 11.8 Å². The number of hydrogen-bond donors (Lipinski definition) is 0. The summed E-state index contributed by atoms with van der Waals surface area (Å²) >= 11 is 0. The highest BCUT2D eigenvalue weighted by atomic mass is 16.6. The predicted molar refractivity (Wildman–Crippen MR) is 113 cm³/mol. The van der Waals surface area contributed by atoms with Crippen molar-refractivity contribution in [2.24, 2.45) is 0 Å². The summed E-state index contributed by atoms with van der Waals surface area (Å²) in [7, 11) is 0. The van der Waals surface area contributed by atoms with E-state index in [4.69, 9.17) is 4.74 Å². The second-order valence-electron chi connectivity index (χ2n) is 7.74. The highest BCUT2D eigenvalue weighted by Crippen LogP contribution is 2.19. The molecule has 0 radical (unpaired) electrons. The van der Waals surface area contributed by atoms with E-state index in [0.717, 1.165) is 17.7 Å². The molecule has 0 saturated heterocycles. The molecule has 0 N–H and O–H groups in total. The van der Waals surface area contributed by atoms with E-state index in [1.54, 1.807) is 0 Å². The van der Waals surface area contributed by atoms with Crippen LogP contribution >= 0.6 is 0 Å². The van der Waals surface area contributed by atoms with Crippen LogP contribution < -0.4 is 0 Å². The molecular formula is C25H25NO2. The lowest BCUT2D eigenvalue weighted by atomic mass is 10.0. The van der Waals surface area contributed by atoms with Gasteiger partial charge < -0.3 is 4.74 Å². The molecule has 28 heavy (non-hydrogen) atoms. The summed E-state index contributed by atoms with van der Waals surface area (Å²) in [4.78, 5) is 16.2. The van der Waals surface area contributed by atoms with Crippen LogP contribution in [0.1, 0.15) is 50.4 Å². The number of aromatic nitrogens is 1. The third-order valence-corrected chi connectivity index (χ3v) is 4.19. The molecule has 0 aliphatic heterocycles. The van der Waals surface area contributed by atoms with Gasteiger partial charge in [0.2, 0.25) is 0 Å². The number of benzene rings is 2. The van der Waals surface area contributed by atoms with E-state index in [9.17, 15) is 4.79 Å². The number of nitrogens with zero attached hydrogens (tertiary/aromatic N) is 1. The average molecular weight is 371 g/mol. The fourth-order valence-corrected chi connectivity index (χ4v) is 2.94. The number of pyridine rings is 1. The lowest BCUT2D eigenvalue weighted by Gasteiger charge is -2.18. The Hall–Kier alpha value is -3.12. The first-order valence-electron chi connectivity index (χ1n) is 9.53. The summed E-state index contributed by atoms with van der Waals surface area (Å²) < 4.78 is 5.28. The largest absolute Gasteiger partial charge is 0.460 e. The van der Waals surface area contributed by atoms with Gasteiger partial charge in [0.25, 0.3) is 0 Å². The standard InChI is InChI=1S/C25H25NO2/c1-25(2,3)28-24(27)11-7-4-8-19-12-14-20(15-13-19)18-23-22-10-6-5-9-21(22)16-17-26-23/h5-6,9-10,12-17H,7,11,18H2,1-3H3. The molecule has 0 aliphatic rings. The smallest absolute Gasteiger partial charge is 0.307 e. The molecule has 2 aromatic carbocycles. The van der Waals surface area contributed by atoms with Gasteiger partial charge in [-0.3, -0.25) is 9.78 Å². The Morgan fingerprint density at radius 1 is 1.04 bits per heavy atom. The molecule has 0 amide bonds. The summed E-state index contributed by atoms with van der Waals surface area (Å²) in [6, 6.07) is 18.5. The summed E-state index contributed by atoms with van der Waals surface area (Å²) in [6.07, 6.45) is 3.46. The molecule has 0 bridgehead atoms. The van der Waals surface area contributed by atoms with Crippen molar-refractivity contribution in [1.82, 2.24) is 4.98 Å². The van der Waals surface area contributed by atoms with Gasteiger partial charge in [-0.2, -0.15) is 0 Å². The van der Waals surface area contributed by atoms with Crippen LogP contribution in [0.5, 0.6) is 0 Å². The quantitative estimate of drug-likeness (QED) is 0.461. The van der Waals surface area contributed by atoms with Crippen molar-refractivity contribution in [2.45, 2.75) is 45.6 Å². The van der Waals surface area contributed by atoms with Crippen LogP contribution in [0.15, 0.2) is 60.8 Å². The van der Waals surface area contributed by atoms with E-state index < -0.39 is 5.60 Å².